The van der Waals surface area contributed by atoms with E-state index in [0.717, 1.165) is 12.8 Å². The lowest BCUT2D eigenvalue weighted by atomic mass is 9.89. The first-order valence-corrected chi connectivity index (χ1v) is 16.4. The lowest BCUT2D eigenvalue weighted by molar-refractivity contribution is -0.125. The Morgan fingerprint density at radius 1 is 1.12 bits per heavy atom. The van der Waals surface area contributed by atoms with E-state index in [1.807, 2.05) is 6.07 Å². The van der Waals surface area contributed by atoms with Crippen LogP contribution in [0.4, 0.5) is 0 Å². The predicted molar refractivity (Wildman–Crippen MR) is 136 cm³/mol. The highest BCUT2D eigenvalue weighted by molar-refractivity contribution is 7.89. The minimum Gasteiger partial charge on any atom is -0.410 e. The van der Waals surface area contributed by atoms with Crippen molar-refractivity contribution in [3.8, 4) is 0 Å². The summed E-state index contributed by atoms with van der Waals surface area (Å²) in [5, 5.41) is 0.428. The van der Waals surface area contributed by atoms with Gasteiger partial charge in [-0.3, -0.25) is 9.78 Å². The Bertz CT molecular complexity index is 1160. The molecule has 1 aliphatic heterocycles. The molecule has 34 heavy (non-hydrogen) atoms. The first-order chi connectivity index (χ1) is 15.8. The first kappa shape index (κ1) is 25.5. The quantitative estimate of drug-likeness (QED) is 0.453. The van der Waals surface area contributed by atoms with Crippen LogP contribution in [-0.4, -0.2) is 43.5 Å². The highest BCUT2D eigenvalue weighted by Crippen LogP contribution is 2.55. The average Bonchev–Trinajstić information content (AvgIpc) is 3.53. The fraction of sp³-hybridized carbons (Fsp3) is 0.520. The molecule has 1 aliphatic carbocycles. The van der Waals surface area contributed by atoms with E-state index in [1.165, 1.54) is 12.1 Å². The van der Waals surface area contributed by atoms with E-state index in [2.05, 4.69) is 38.8 Å². The molecule has 2 fully saturated rings. The summed E-state index contributed by atoms with van der Waals surface area (Å²) in [7, 11) is -6.18. The van der Waals surface area contributed by atoms with E-state index in [1.54, 1.807) is 34.9 Å². The van der Waals surface area contributed by atoms with Crippen LogP contribution >= 0.6 is 11.6 Å². The second-order valence-corrected chi connectivity index (χ2v) is 18.0. The van der Waals surface area contributed by atoms with Crippen molar-refractivity contribution >= 4 is 35.7 Å². The SMILES string of the molecule is CC(C)(C)[Si](C)(C)OC1([C@H]2CC(=O)C[C@@H](c3cccnc3)N2S(=O)(=O)c2ccc(Cl)cc2)CC1. The summed E-state index contributed by atoms with van der Waals surface area (Å²) in [5.74, 6) is 0.0477. The van der Waals surface area contributed by atoms with Crippen molar-refractivity contribution in [3.05, 3.63) is 59.4 Å². The van der Waals surface area contributed by atoms with Gasteiger partial charge in [0.25, 0.3) is 0 Å². The Labute approximate surface area is 208 Å². The highest BCUT2D eigenvalue weighted by atomic mass is 35.5. The zero-order chi connectivity index (χ0) is 24.9. The number of hydrogen-bond acceptors (Lipinski definition) is 5. The number of Topliss-reactive ketones (excluding diaryl/α,β-unsaturated/α-hetero) is 1. The molecule has 2 aliphatic rings. The smallest absolute Gasteiger partial charge is 0.244 e. The average molecular weight is 521 g/mol. The number of sulfonamides is 1. The van der Waals surface area contributed by atoms with E-state index in [-0.39, 0.29) is 28.6 Å². The Kier molecular flexibility index (Phi) is 6.61. The number of hydrogen-bond donors (Lipinski definition) is 0. The number of aromatic nitrogens is 1. The maximum absolute atomic E-state index is 14.1. The second-order valence-electron chi connectivity index (χ2n) is 11.0. The molecular formula is C25H33ClN2O4SSi. The first-order valence-electron chi connectivity index (χ1n) is 11.7. The summed E-state index contributed by atoms with van der Waals surface area (Å²) in [5.41, 5.74) is 0.0557. The molecule has 6 nitrogen and oxygen atoms in total. The summed E-state index contributed by atoms with van der Waals surface area (Å²) in [6.45, 7) is 10.9. The van der Waals surface area contributed by atoms with Gasteiger partial charge in [-0.2, -0.15) is 4.31 Å². The van der Waals surface area contributed by atoms with Gasteiger partial charge in [0.15, 0.2) is 8.32 Å². The number of carbonyl (C=O) groups is 1. The summed E-state index contributed by atoms with van der Waals surface area (Å²) in [6, 6.07) is 8.61. The molecule has 2 heterocycles. The van der Waals surface area contributed by atoms with Gasteiger partial charge in [-0.05, 0) is 66.9 Å². The van der Waals surface area contributed by atoms with Crippen molar-refractivity contribution in [2.24, 2.45) is 0 Å². The van der Waals surface area contributed by atoms with Gasteiger partial charge in [0.05, 0.1) is 22.6 Å². The monoisotopic (exact) mass is 520 g/mol. The molecule has 0 radical (unpaired) electrons. The van der Waals surface area contributed by atoms with Gasteiger partial charge in [-0.15, -0.1) is 0 Å². The van der Waals surface area contributed by atoms with E-state index in [0.29, 0.717) is 10.6 Å². The summed E-state index contributed by atoms with van der Waals surface area (Å²) < 4.78 is 36.7. The van der Waals surface area contributed by atoms with Crippen LogP contribution in [0.15, 0.2) is 53.7 Å². The van der Waals surface area contributed by atoms with Gasteiger partial charge in [0.1, 0.15) is 5.78 Å². The molecule has 0 N–H and O–H groups in total. The van der Waals surface area contributed by atoms with Gasteiger partial charge in [-0.1, -0.05) is 38.4 Å². The molecule has 1 saturated heterocycles. The van der Waals surface area contributed by atoms with Crippen LogP contribution in [0, 0.1) is 0 Å². The minimum atomic E-state index is -3.95. The molecule has 0 spiro atoms. The van der Waals surface area contributed by atoms with Crippen LogP contribution in [0.1, 0.15) is 58.1 Å². The topological polar surface area (TPSA) is 76.6 Å². The number of rotatable bonds is 6. The fourth-order valence-electron chi connectivity index (χ4n) is 4.52. The van der Waals surface area contributed by atoms with Crippen molar-refractivity contribution in [3.63, 3.8) is 0 Å². The number of benzene rings is 1. The van der Waals surface area contributed by atoms with Gasteiger partial charge < -0.3 is 4.43 Å². The molecule has 2 aromatic rings. The van der Waals surface area contributed by atoms with E-state index >= 15 is 0 Å². The second kappa shape index (κ2) is 8.82. The third-order valence-electron chi connectivity index (χ3n) is 7.53. The Balaban J connectivity index is 1.83. The molecular weight excluding hydrogens is 488 g/mol. The number of halogens is 1. The van der Waals surface area contributed by atoms with E-state index in [4.69, 9.17) is 16.0 Å². The van der Waals surface area contributed by atoms with Crippen molar-refractivity contribution in [1.29, 1.82) is 0 Å². The standard InChI is InChI=1S/C25H33ClN2O4SSi/c1-24(2,3)34(4,5)32-25(12-13-25)23-16-20(29)15-22(18-7-6-14-27-17-18)28(23)33(30,31)21-10-8-19(26)9-11-21/h6-11,14,17,22-23H,12-13,15-16H2,1-5H3/t22-,23+/m0/s1. The van der Waals surface area contributed by atoms with Crippen LogP contribution in [-0.2, 0) is 19.2 Å². The molecule has 9 heteroatoms. The molecule has 1 aromatic heterocycles. The normalized spacial score (nSPS) is 23.6. The van der Waals surface area contributed by atoms with Crippen LogP contribution in [0.25, 0.3) is 0 Å². The number of pyridine rings is 1. The highest BCUT2D eigenvalue weighted by Gasteiger charge is 2.61. The lowest BCUT2D eigenvalue weighted by Gasteiger charge is -2.48. The minimum absolute atomic E-state index is 0.0378. The molecule has 4 rings (SSSR count). The summed E-state index contributed by atoms with van der Waals surface area (Å²) in [6.07, 6.45) is 5.04. The molecule has 0 unspecified atom stereocenters. The molecule has 1 saturated carbocycles. The number of ketones is 1. The van der Waals surface area contributed by atoms with Crippen LogP contribution in [0.5, 0.6) is 0 Å². The Morgan fingerprint density at radius 2 is 1.76 bits per heavy atom. The Morgan fingerprint density at radius 3 is 2.29 bits per heavy atom. The lowest BCUT2D eigenvalue weighted by Crippen LogP contribution is -2.58. The zero-order valence-corrected chi connectivity index (χ0v) is 23.0. The third kappa shape index (κ3) is 4.75. The zero-order valence-electron chi connectivity index (χ0n) is 20.4. The molecule has 0 bridgehead atoms. The largest absolute Gasteiger partial charge is 0.410 e. The van der Waals surface area contributed by atoms with Crippen molar-refractivity contribution in [1.82, 2.24) is 9.29 Å². The van der Waals surface area contributed by atoms with Gasteiger partial charge in [0, 0.05) is 30.3 Å². The van der Waals surface area contributed by atoms with Crippen LogP contribution < -0.4 is 0 Å². The summed E-state index contributed by atoms with van der Waals surface area (Å²) >= 11 is 6.04. The van der Waals surface area contributed by atoms with Crippen molar-refractivity contribution in [2.45, 2.75) is 87.2 Å². The maximum atomic E-state index is 14.1. The van der Waals surface area contributed by atoms with Gasteiger partial charge in [0.2, 0.25) is 10.0 Å². The van der Waals surface area contributed by atoms with E-state index in [9.17, 15) is 13.2 Å². The Hall–Kier alpha value is -1.58. The van der Waals surface area contributed by atoms with E-state index < -0.39 is 36.0 Å². The van der Waals surface area contributed by atoms with Gasteiger partial charge >= 0.3 is 0 Å². The number of carbonyl (C=O) groups excluding carboxylic acids is 1. The molecule has 0 amide bonds. The number of piperidine rings is 1. The third-order valence-corrected chi connectivity index (χ3v) is 14.2. The summed E-state index contributed by atoms with van der Waals surface area (Å²) in [4.78, 5) is 17.4. The van der Waals surface area contributed by atoms with Crippen LogP contribution in [0.3, 0.4) is 0 Å². The fourth-order valence-corrected chi connectivity index (χ4v) is 8.16. The molecule has 1 aromatic carbocycles. The van der Waals surface area contributed by atoms with Crippen molar-refractivity contribution in [2.75, 3.05) is 0 Å². The molecule has 2 atom stereocenters. The number of nitrogens with zero attached hydrogens (tertiary/aromatic N) is 2. The predicted octanol–water partition coefficient (Wildman–Crippen LogP) is 5.75. The maximum Gasteiger partial charge on any atom is 0.244 e. The van der Waals surface area contributed by atoms with Crippen LogP contribution in [0.2, 0.25) is 23.2 Å². The molecule has 184 valence electrons. The van der Waals surface area contributed by atoms with Gasteiger partial charge in [-0.25, -0.2) is 8.42 Å². The van der Waals surface area contributed by atoms with Crippen molar-refractivity contribution < 1.29 is 17.6 Å².